The highest BCUT2D eigenvalue weighted by Gasteiger charge is 2.32. The maximum atomic E-state index is 13.4. The normalized spacial score (nSPS) is 17.6. The molecule has 2 heterocycles. The van der Waals surface area contributed by atoms with Gasteiger partial charge < -0.3 is 20.5 Å². The van der Waals surface area contributed by atoms with Gasteiger partial charge in [-0.15, -0.1) is 0 Å². The van der Waals surface area contributed by atoms with Crippen LogP contribution in [0.15, 0.2) is 48.7 Å². The summed E-state index contributed by atoms with van der Waals surface area (Å²) in [4.78, 5) is 20.7. The fourth-order valence-corrected chi connectivity index (χ4v) is 4.53. The Morgan fingerprint density at radius 2 is 2.10 bits per heavy atom. The number of carbonyl (C=O) groups excluding carboxylic acids is 1. The van der Waals surface area contributed by atoms with Gasteiger partial charge in [0.25, 0.3) is 0 Å². The van der Waals surface area contributed by atoms with Crippen molar-refractivity contribution in [1.82, 2.24) is 9.88 Å². The van der Waals surface area contributed by atoms with Crippen LogP contribution in [0.5, 0.6) is 0 Å². The van der Waals surface area contributed by atoms with Gasteiger partial charge in [-0.2, -0.15) is 0 Å². The van der Waals surface area contributed by atoms with Crippen LogP contribution in [0.25, 0.3) is 10.9 Å². The van der Waals surface area contributed by atoms with Crippen molar-refractivity contribution in [3.05, 3.63) is 64.8 Å². The van der Waals surface area contributed by atoms with E-state index in [2.05, 4.69) is 30.0 Å². The SMILES string of the molecule is CN(C)CC1Cc2ccc(Cl)cc2N(C(=O)C(N)Cc2c[nH]c3ccccc23)C1. The molecule has 1 amide bonds. The van der Waals surface area contributed by atoms with E-state index in [-0.39, 0.29) is 5.91 Å². The van der Waals surface area contributed by atoms with Crippen LogP contribution < -0.4 is 10.6 Å². The number of aromatic amines is 1. The zero-order valence-corrected chi connectivity index (χ0v) is 17.6. The number of benzene rings is 2. The minimum atomic E-state index is -0.612. The van der Waals surface area contributed by atoms with E-state index in [0.29, 0.717) is 23.9 Å². The van der Waals surface area contributed by atoms with Crippen molar-refractivity contribution in [3.8, 4) is 0 Å². The molecule has 0 saturated heterocycles. The Bertz CT molecular complexity index is 1030. The second-order valence-corrected chi connectivity index (χ2v) is 8.66. The Balaban J connectivity index is 1.59. The predicted molar refractivity (Wildman–Crippen MR) is 120 cm³/mol. The average molecular weight is 411 g/mol. The lowest BCUT2D eigenvalue weighted by atomic mass is 9.91. The molecule has 4 rings (SSSR count). The monoisotopic (exact) mass is 410 g/mol. The summed E-state index contributed by atoms with van der Waals surface area (Å²) in [5, 5.41) is 1.75. The summed E-state index contributed by atoms with van der Waals surface area (Å²) in [5.74, 6) is 0.310. The van der Waals surface area contributed by atoms with Crippen molar-refractivity contribution >= 4 is 34.1 Å². The van der Waals surface area contributed by atoms with Gasteiger partial charge in [-0.05, 0) is 62.2 Å². The Hall–Kier alpha value is -2.34. The molecule has 0 aliphatic carbocycles. The first-order valence-electron chi connectivity index (χ1n) is 9.97. The molecule has 2 unspecified atom stereocenters. The lowest BCUT2D eigenvalue weighted by Crippen LogP contribution is -2.50. The maximum absolute atomic E-state index is 13.4. The third kappa shape index (κ3) is 4.17. The molecule has 1 aliphatic rings. The molecule has 0 saturated carbocycles. The highest BCUT2D eigenvalue weighted by atomic mass is 35.5. The summed E-state index contributed by atoms with van der Waals surface area (Å²) in [7, 11) is 4.12. The molecule has 29 heavy (non-hydrogen) atoms. The quantitative estimate of drug-likeness (QED) is 0.677. The minimum absolute atomic E-state index is 0.0535. The van der Waals surface area contributed by atoms with Crippen molar-refractivity contribution in [2.24, 2.45) is 11.7 Å². The van der Waals surface area contributed by atoms with Crippen molar-refractivity contribution in [2.75, 3.05) is 32.1 Å². The molecule has 1 aromatic heterocycles. The number of nitrogens with one attached hydrogen (secondary N) is 1. The number of aromatic nitrogens is 1. The number of nitrogens with two attached hydrogens (primary N) is 1. The lowest BCUT2D eigenvalue weighted by Gasteiger charge is -2.37. The summed E-state index contributed by atoms with van der Waals surface area (Å²) >= 11 is 6.25. The molecule has 1 aliphatic heterocycles. The van der Waals surface area contributed by atoms with Crippen molar-refractivity contribution in [1.29, 1.82) is 0 Å². The van der Waals surface area contributed by atoms with E-state index in [9.17, 15) is 4.79 Å². The van der Waals surface area contributed by atoms with Gasteiger partial charge in [-0.3, -0.25) is 4.79 Å². The zero-order valence-electron chi connectivity index (χ0n) is 16.9. The summed E-state index contributed by atoms with van der Waals surface area (Å²) in [6.07, 6.45) is 3.38. The summed E-state index contributed by atoms with van der Waals surface area (Å²) in [6.45, 7) is 1.58. The van der Waals surface area contributed by atoms with Crippen LogP contribution in [0.1, 0.15) is 11.1 Å². The number of hydrogen-bond donors (Lipinski definition) is 2. The molecule has 0 radical (unpaired) electrons. The van der Waals surface area contributed by atoms with Crippen LogP contribution in [-0.2, 0) is 17.6 Å². The number of H-pyrrole nitrogens is 1. The number of hydrogen-bond acceptors (Lipinski definition) is 3. The number of nitrogens with zero attached hydrogens (tertiary/aromatic N) is 2. The number of anilines is 1. The van der Waals surface area contributed by atoms with E-state index >= 15 is 0 Å². The van der Waals surface area contributed by atoms with E-state index in [1.165, 1.54) is 0 Å². The second kappa shape index (κ2) is 8.19. The molecule has 5 nitrogen and oxygen atoms in total. The van der Waals surface area contributed by atoms with Crippen LogP contribution in [-0.4, -0.2) is 49.0 Å². The molecule has 2 atom stereocenters. The first-order valence-corrected chi connectivity index (χ1v) is 10.4. The lowest BCUT2D eigenvalue weighted by molar-refractivity contribution is -0.120. The topological polar surface area (TPSA) is 65.4 Å². The molecule has 3 aromatic rings. The van der Waals surface area contributed by atoms with Crippen LogP contribution in [0.3, 0.4) is 0 Å². The van der Waals surface area contributed by atoms with Gasteiger partial charge in [0.15, 0.2) is 0 Å². The molecular weight excluding hydrogens is 384 g/mol. The van der Waals surface area contributed by atoms with Gasteiger partial charge in [0.2, 0.25) is 5.91 Å². The largest absolute Gasteiger partial charge is 0.361 e. The highest BCUT2D eigenvalue weighted by Crippen LogP contribution is 2.33. The Kier molecular flexibility index (Phi) is 5.63. The van der Waals surface area contributed by atoms with E-state index in [1.54, 1.807) is 0 Å². The van der Waals surface area contributed by atoms with Crippen LogP contribution in [0.2, 0.25) is 5.02 Å². The molecule has 0 bridgehead atoms. The van der Waals surface area contributed by atoms with Gasteiger partial charge in [-0.1, -0.05) is 35.9 Å². The highest BCUT2D eigenvalue weighted by molar-refractivity contribution is 6.31. The third-order valence-electron chi connectivity index (χ3n) is 5.61. The van der Waals surface area contributed by atoms with Crippen LogP contribution in [0.4, 0.5) is 5.69 Å². The first-order chi connectivity index (χ1) is 13.9. The summed E-state index contributed by atoms with van der Waals surface area (Å²) < 4.78 is 0. The fourth-order valence-electron chi connectivity index (χ4n) is 4.37. The van der Waals surface area contributed by atoms with Crippen molar-refractivity contribution in [3.63, 3.8) is 0 Å². The van der Waals surface area contributed by atoms with Crippen LogP contribution in [0, 0.1) is 5.92 Å². The first kappa shape index (κ1) is 20.0. The molecule has 0 spiro atoms. The number of rotatable bonds is 5. The molecule has 152 valence electrons. The van der Waals surface area contributed by atoms with Gasteiger partial charge in [0.1, 0.15) is 0 Å². The smallest absolute Gasteiger partial charge is 0.244 e. The predicted octanol–water partition coefficient (Wildman–Crippen LogP) is 3.46. The molecule has 0 fully saturated rings. The molecule has 2 aromatic carbocycles. The summed E-state index contributed by atoms with van der Waals surface area (Å²) in [6, 6.07) is 13.3. The summed E-state index contributed by atoms with van der Waals surface area (Å²) in [5.41, 5.74) is 10.6. The Morgan fingerprint density at radius 3 is 2.90 bits per heavy atom. The Morgan fingerprint density at radius 1 is 1.31 bits per heavy atom. The fraction of sp³-hybridized carbons (Fsp3) is 0.348. The maximum Gasteiger partial charge on any atom is 0.244 e. The number of carbonyl (C=O) groups is 1. The Labute approximate surface area is 176 Å². The number of amides is 1. The minimum Gasteiger partial charge on any atom is -0.361 e. The number of halogens is 1. The van der Waals surface area contributed by atoms with Gasteiger partial charge in [0, 0.05) is 40.9 Å². The van der Waals surface area contributed by atoms with E-state index in [0.717, 1.165) is 40.7 Å². The van der Waals surface area contributed by atoms with Crippen LogP contribution >= 0.6 is 11.6 Å². The molecular formula is C23H27ClN4O. The molecule has 6 heteroatoms. The average Bonchev–Trinajstić information content (AvgIpc) is 3.09. The van der Waals surface area contributed by atoms with E-state index < -0.39 is 6.04 Å². The number of para-hydroxylation sites is 1. The molecule has 3 N–H and O–H groups in total. The van der Waals surface area contributed by atoms with Gasteiger partial charge >= 0.3 is 0 Å². The van der Waals surface area contributed by atoms with Crippen molar-refractivity contribution < 1.29 is 4.79 Å². The van der Waals surface area contributed by atoms with Crippen molar-refractivity contribution in [2.45, 2.75) is 18.9 Å². The zero-order chi connectivity index (χ0) is 20.5. The van der Waals surface area contributed by atoms with E-state index in [1.807, 2.05) is 47.5 Å². The second-order valence-electron chi connectivity index (χ2n) is 8.22. The number of fused-ring (bicyclic) bond motifs is 2. The van der Waals surface area contributed by atoms with E-state index in [4.69, 9.17) is 17.3 Å². The standard InChI is InChI=1S/C23H27ClN4O/c1-27(2)13-15-9-16-7-8-18(24)11-22(16)28(14-15)23(29)20(25)10-17-12-26-21-6-4-3-5-19(17)21/h3-8,11-12,15,20,26H,9-10,13-14,25H2,1-2H3. The third-order valence-corrected chi connectivity index (χ3v) is 5.84. The van der Waals surface area contributed by atoms with Gasteiger partial charge in [-0.25, -0.2) is 0 Å². The van der Waals surface area contributed by atoms with Gasteiger partial charge in [0.05, 0.1) is 6.04 Å².